The van der Waals surface area contributed by atoms with Gasteiger partial charge in [0, 0.05) is 39.3 Å². The number of nitrogens with zero attached hydrogens (tertiary/aromatic N) is 3. The molecule has 4 unspecified atom stereocenters. The van der Waals surface area contributed by atoms with Gasteiger partial charge < -0.3 is 10.6 Å². The average Bonchev–Trinajstić information content (AvgIpc) is 3.39. The van der Waals surface area contributed by atoms with Gasteiger partial charge in [-0.2, -0.15) is 0 Å². The van der Waals surface area contributed by atoms with Crippen LogP contribution in [-0.2, 0) is 19.4 Å². The van der Waals surface area contributed by atoms with Crippen LogP contribution in [0.2, 0.25) is 0 Å². The second-order valence-electron chi connectivity index (χ2n) is 8.51. The Morgan fingerprint density at radius 1 is 1.07 bits per heavy atom. The molecular formula is C20H31N5O4S. The van der Waals surface area contributed by atoms with Crippen molar-refractivity contribution >= 4 is 27.6 Å². The molecule has 2 amide bonds. The number of imide groups is 1. The molecule has 2 aliphatic carbocycles. The van der Waals surface area contributed by atoms with E-state index in [0.717, 1.165) is 6.42 Å². The van der Waals surface area contributed by atoms with Gasteiger partial charge in [0.2, 0.25) is 11.8 Å². The third-order valence-electron chi connectivity index (χ3n) is 6.66. The maximum Gasteiger partial charge on any atom is 0.233 e. The lowest BCUT2D eigenvalue weighted by atomic mass is 9.85. The number of nitrogens with one attached hydrogen (secondary N) is 2. The summed E-state index contributed by atoms with van der Waals surface area (Å²) in [5.74, 6) is 1.19. The van der Waals surface area contributed by atoms with Gasteiger partial charge in [-0.3, -0.25) is 24.4 Å². The highest BCUT2D eigenvalue weighted by molar-refractivity contribution is 7.91. The zero-order chi connectivity index (χ0) is 21.3. The maximum atomic E-state index is 12.7. The molecule has 10 heteroatoms. The molecule has 166 valence electrons. The summed E-state index contributed by atoms with van der Waals surface area (Å²) in [7, 11) is -2.87. The van der Waals surface area contributed by atoms with Crippen LogP contribution in [0.15, 0.2) is 17.1 Å². The molecule has 0 radical (unpaired) electrons. The molecule has 0 aromatic rings. The Balaban J connectivity index is 1.24. The molecule has 4 rings (SSSR count). The van der Waals surface area contributed by atoms with Crippen molar-refractivity contribution in [1.29, 1.82) is 0 Å². The van der Waals surface area contributed by atoms with E-state index in [1.165, 1.54) is 4.90 Å². The number of carbonyl (C=O) groups excluding carboxylic acids is 2. The SMILES string of the molecule is CCNC(=NCCN1CCS(=O)(=O)CC1)NCCN1C(=O)C2C3C=CC(C3)C2C1=O. The number of hydrogen-bond donors (Lipinski definition) is 2. The Labute approximate surface area is 177 Å². The van der Waals surface area contributed by atoms with Gasteiger partial charge >= 0.3 is 0 Å². The molecule has 2 aliphatic heterocycles. The van der Waals surface area contributed by atoms with E-state index in [4.69, 9.17) is 0 Å². The minimum absolute atomic E-state index is 0.0226. The highest BCUT2D eigenvalue weighted by Gasteiger charge is 2.58. The highest BCUT2D eigenvalue weighted by Crippen LogP contribution is 2.52. The summed E-state index contributed by atoms with van der Waals surface area (Å²) < 4.78 is 23.0. The number of rotatable bonds is 7. The summed E-state index contributed by atoms with van der Waals surface area (Å²) >= 11 is 0. The average molecular weight is 438 g/mol. The summed E-state index contributed by atoms with van der Waals surface area (Å²) in [5.41, 5.74) is 0. The Bertz CT molecular complexity index is 811. The number of likely N-dealkylation sites (tertiary alicyclic amines) is 1. The fraction of sp³-hybridized carbons (Fsp3) is 0.750. The van der Waals surface area contributed by atoms with Gasteiger partial charge in [-0.05, 0) is 25.2 Å². The largest absolute Gasteiger partial charge is 0.357 e. The Morgan fingerprint density at radius 3 is 2.30 bits per heavy atom. The molecule has 4 atom stereocenters. The third kappa shape index (κ3) is 4.25. The summed E-state index contributed by atoms with van der Waals surface area (Å²) in [6.07, 6.45) is 5.15. The second-order valence-corrected chi connectivity index (χ2v) is 10.8. The second kappa shape index (κ2) is 8.66. The van der Waals surface area contributed by atoms with Crippen molar-refractivity contribution in [2.24, 2.45) is 28.7 Å². The van der Waals surface area contributed by atoms with Crippen molar-refractivity contribution < 1.29 is 18.0 Å². The quantitative estimate of drug-likeness (QED) is 0.229. The number of amides is 2. The molecule has 0 aromatic carbocycles. The zero-order valence-electron chi connectivity index (χ0n) is 17.4. The van der Waals surface area contributed by atoms with Crippen LogP contribution in [-0.4, -0.2) is 93.3 Å². The van der Waals surface area contributed by atoms with Crippen LogP contribution in [0.5, 0.6) is 0 Å². The van der Waals surface area contributed by atoms with E-state index in [1.807, 2.05) is 6.92 Å². The maximum absolute atomic E-state index is 12.7. The molecule has 2 N–H and O–H groups in total. The van der Waals surface area contributed by atoms with Crippen LogP contribution in [0.25, 0.3) is 0 Å². The normalized spacial score (nSPS) is 32.7. The molecule has 1 saturated carbocycles. The molecule has 4 aliphatic rings. The number of allylic oxidation sites excluding steroid dienone is 2. The van der Waals surface area contributed by atoms with Gasteiger partial charge in [-0.25, -0.2) is 8.42 Å². The summed E-state index contributed by atoms with van der Waals surface area (Å²) in [6.45, 7) is 5.84. The van der Waals surface area contributed by atoms with Crippen molar-refractivity contribution in [3.63, 3.8) is 0 Å². The molecule has 3 fully saturated rings. The van der Waals surface area contributed by atoms with E-state index in [9.17, 15) is 18.0 Å². The summed E-state index contributed by atoms with van der Waals surface area (Å²) in [5, 5.41) is 6.38. The zero-order valence-corrected chi connectivity index (χ0v) is 18.2. The van der Waals surface area contributed by atoms with Gasteiger partial charge in [0.25, 0.3) is 0 Å². The fourth-order valence-corrected chi connectivity index (χ4v) is 6.37. The minimum Gasteiger partial charge on any atom is -0.357 e. The van der Waals surface area contributed by atoms with Crippen LogP contribution in [0, 0.1) is 23.7 Å². The fourth-order valence-electron chi connectivity index (χ4n) is 5.09. The van der Waals surface area contributed by atoms with Gasteiger partial charge in [-0.15, -0.1) is 0 Å². The number of hydrogen-bond acceptors (Lipinski definition) is 6. The first kappa shape index (κ1) is 21.3. The van der Waals surface area contributed by atoms with E-state index in [1.54, 1.807) is 0 Å². The number of fused-ring (bicyclic) bond motifs is 5. The number of sulfone groups is 1. The first-order valence-corrected chi connectivity index (χ1v) is 12.7. The molecule has 30 heavy (non-hydrogen) atoms. The van der Waals surface area contributed by atoms with Gasteiger partial charge in [0.15, 0.2) is 15.8 Å². The lowest BCUT2D eigenvalue weighted by Crippen LogP contribution is -2.44. The van der Waals surface area contributed by atoms with Crippen LogP contribution in [0.4, 0.5) is 0 Å². The molecule has 9 nitrogen and oxygen atoms in total. The summed E-state index contributed by atoms with van der Waals surface area (Å²) in [4.78, 5) is 33.5. The Hall–Kier alpha value is -1.94. The molecule has 2 bridgehead atoms. The van der Waals surface area contributed by atoms with Crippen molar-refractivity contribution in [2.75, 3.05) is 57.3 Å². The van der Waals surface area contributed by atoms with Crippen LogP contribution in [0.3, 0.4) is 0 Å². The predicted octanol–water partition coefficient (Wildman–Crippen LogP) is -0.921. The van der Waals surface area contributed by atoms with Gasteiger partial charge in [0.05, 0.1) is 29.9 Å². The van der Waals surface area contributed by atoms with Gasteiger partial charge in [0.1, 0.15) is 0 Å². The van der Waals surface area contributed by atoms with Crippen LogP contribution in [0.1, 0.15) is 13.3 Å². The minimum atomic E-state index is -2.87. The number of aliphatic imine (C=N–C) groups is 1. The van der Waals surface area contributed by atoms with E-state index in [0.29, 0.717) is 51.8 Å². The molecule has 2 saturated heterocycles. The molecule has 0 aromatic heterocycles. The third-order valence-corrected chi connectivity index (χ3v) is 8.27. The first-order valence-electron chi connectivity index (χ1n) is 10.9. The Kier molecular flexibility index (Phi) is 6.15. The van der Waals surface area contributed by atoms with E-state index in [2.05, 4.69) is 32.7 Å². The van der Waals surface area contributed by atoms with Crippen molar-refractivity contribution in [2.45, 2.75) is 13.3 Å². The van der Waals surface area contributed by atoms with E-state index < -0.39 is 9.84 Å². The van der Waals surface area contributed by atoms with E-state index in [-0.39, 0.29) is 47.0 Å². The monoisotopic (exact) mass is 437 g/mol. The smallest absolute Gasteiger partial charge is 0.233 e. The lowest BCUT2D eigenvalue weighted by molar-refractivity contribution is -0.140. The first-order chi connectivity index (χ1) is 14.4. The van der Waals surface area contributed by atoms with Crippen molar-refractivity contribution in [3.8, 4) is 0 Å². The van der Waals surface area contributed by atoms with Crippen LogP contribution < -0.4 is 10.6 Å². The number of guanidine groups is 1. The number of carbonyl (C=O) groups is 2. The van der Waals surface area contributed by atoms with E-state index >= 15 is 0 Å². The topological polar surface area (TPSA) is 111 Å². The highest BCUT2D eigenvalue weighted by atomic mass is 32.2. The van der Waals surface area contributed by atoms with Crippen molar-refractivity contribution in [3.05, 3.63) is 12.2 Å². The van der Waals surface area contributed by atoms with Gasteiger partial charge in [-0.1, -0.05) is 12.2 Å². The lowest BCUT2D eigenvalue weighted by Gasteiger charge is -2.25. The predicted molar refractivity (Wildman–Crippen MR) is 114 cm³/mol. The van der Waals surface area contributed by atoms with Crippen molar-refractivity contribution in [1.82, 2.24) is 20.4 Å². The molecule has 0 spiro atoms. The Morgan fingerprint density at radius 2 is 1.70 bits per heavy atom. The standard InChI is InChI=1S/C20H31N5O4S/c1-2-21-20(22-5-7-24-9-11-30(28,29)12-10-24)23-6-8-25-18(26)16-14-3-4-15(13-14)17(16)19(25)27/h3-4,14-17H,2,5-13H2,1H3,(H2,21,22,23). The molecular weight excluding hydrogens is 406 g/mol. The van der Waals surface area contributed by atoms with Crippen LogP contribution >= 0.6 is 0 Å². The summed E-state index contributed by atoms with van der Waals surface area (Å²) in [6, 6.07) is 0. The molecule has 2 heterocycles.